The Balaban J connectivity index is 2.26. The number of benzene rings is 2. The van der Waals surface area contributed by atoms with Gasteiger partial charge < -0.3 is 4.74 Å². The van der Waals surface area contributed by atoms with E-state index in [0.717, 1.165) is 12.1 Å². The first kappa shape index (κ1) is 20.2. The molecule has 0 aliphatic carbocycles. The minimum absolute atomic E-state index is 0.161. The summed E-state index contributed by atoms with van der Waals surface area (Å²) in [5.41, 5.74) is 1.01. The van der Waals surface area contributed by atoms with Crippen LogP contribution in [-0.4, -0.2) is 18.2 Å². The maximum Gasteiger partial charge on any atom is 0.416 e. The largest absolute Gasteiger partial charge is 0.494 e. The fourth-order valence-corrected chi connectivity index (χ4v) is 3.52. The number of hydrogen-bond acceptors (Lipinski definition) is 5. The molecule has 2 aromatic carbocycles. The summed E-state index contributed by atoms with van der Waals surface area (Å²) in [7, 11) is 1.50. The van der Waals surface area contributed by atoms with Crippen molar-refractivity contribution in [2.24, 2.45) is 5.10 Å². The van der Waals surface area contributed by atoms with E-state index in [9.17, 15) is 23.3 Å². The Morgan fingerprint density at radius 3 is 2.35 bits per heavy atom. The highest BCUT2D eigenvalue weighted by Gasteiger charge is 2.33. The van der Waals surface area contributed by atoms with Crippen molar-refractivity contribution in [1.82, 2.24) is 0 Å². The van der Waals surface area contributed by atoms with Crippen LogP contribution in [-0.2, 0) is 6.18 Å². The van der Waals surface area contributed by atoms with Crippen molar-refractivity contribution in [3.05, 3.63) is 60.5 Å². The van der Waals surface area contributed by atoms with Crippen LogP contribution in [0.25, 0.3) is 0 Å². The predicted octanol–water partition coefficient (Wildman–Crippen LogP) is 5.59. The summed E-state index contributed by atoms with van der Waals surface area (Å²) in [6.45, 7) is 0. The highest BCUT2D eigenvalue weighted by atomic mass is 79.9. The van der Waals surface area contributed by atoms with Crippen LogP contribution in [0.1, 0.15) is 11.1 Å². The van der Waals surface area contributed by atoms with Gasteiger partial charge in [0.05, 0.1) is 32.8 Å². The van der Waals surface area contributed by atoms with Crippen LogP contribution in [0.3, 0.4) is 0 Å². The van der Waals surface area contributed by atoms with Gasteiger partial charge in [0.15, 0.2) is 0 Å². The molecule has 0 spiro atoms. The zero-order chi connectivity index (χ0) is 19.5. The third kappa shape index (κ3) is 4.73. The summed E-state index contributed by atoms with van der Waals surface area (Å²) in [5.74, 6) is 0.577. The summed E-state index contributed by atoms with van der Waals surface area (Å²) < 4.78 is 44.5. The minimum Gasteiger partial charge on any atom is -0.494 e. The summed E-state index contributed by atoms with van der Waals surface area (Å²) in [4.78, 5) is 10.1. The lowest BCUT2D eigenvalue weighted by Gasteiger charge is -2.08. The highest BCUT2D eigenvalue weighted by Crippen LogP contribution is 2.35. The number of hydrazone groups is 1. The van der Waals surface area contributed by atoms with Gasteiger partial charge in [-0.1, -0.05) is 0 Å². The second-order valence-corrected chi connectivity index (χ2v) is 6.58. The summed E-state index contributed by atoms with van der Waals surface area (Å²) in [6, 6.07) is 5.54. The molecule has 2 aromatic rings. The standard InChI is InChI=1S/C15H10Br2F3N3O3/c1-26-14-10(16)4-8(5-11(14)17)7-21-22-12-3-2-9(15(18,19)20)6-13(12)23(24)25/h2-7,22H,1H3/b21-7-. The Kier molecular flexibility index (Phi) is 6.24. The van der Waals surface area contributed by atoms with Crippen LogP contribution in [0.2, 0.25) is 0 Å². The molecule has 0 aromatic heterocycles. The second-order valence-electron chi connectivity index (χ2n) is 4.87. The summed E-state index contributed by atoms with van der Waals surface area (Å²) >= 11 is 6.64. The first-order valence-corrected chi connectivity index (χ1v) is 8.40. The number of ether oxygens (including phenoxy) is 1. The fourth-order valence-electron chi connectivity index (χ4n) is 1.98. The van der Waals surface area contributed by atoms with Crippen LogP contribution in [0.15, 0.2) is 44.4 Å². The molecule has 6 nitrogen and oxygen atoms in total. The number of anilines is 1. The maximum atomic E-state index is 12.7. The molecule has 0 heterocycles. The molecular weight excluding hydrogens is 487 g/mol. The fraction of sp³-hybridized carbons (Fsp3) is 0.133. The van der Waals surface area contributed by atoms with Crippen molar-refractivity contribution in [3.63, 3.8) is 0 Å². The number of nitrogens with zero attached hydrogens (tertiary/aromatic N) is 2. The van der Waals surface area contributed by atoms with E-state index in [1.54, 1.807) is 12.1 Å². The van der Waals surface area contributed by atoms with Crippen molar-refractivity contribution in [2.75, 3.05) is 12.5 Å². The van der Waals surface area contributed by atoms with Gasteiger partial charge in [0.25, 0.3) is 5.69 Å². The molecule has 0 saturated heterocycles. The molecule has 26 heavy (non-hydrogen) atoms. The second kappa shape index (κ2) is 8.04. The van der Waals surface area contributed by atoms with Gasteiger partial charge in [-0.2, -0.15) is 18.3 Å². The van der Waals surface area contributed by atoms with Crippen molar-refractivity contribution in [1.29, 1.82) is 0 Å². The molecule has 0 bridgehead atoms. The lowest BCUT2D eigenvalue weighted by molar-refractivity contribution is -0.384. The van der Waals surface area contributed by atoms with E-state index < -0.39 is 22.4 Å². The zero-order valence-electron chi connectivity index (χ0n) is 13.0. The lowest BCUT2D eigenvalue weighted by Crippen LogP contribution is -2.06. The number of nitro benzene ring substituents is 1. The van der Waals surface area contributed by atoms with E-state index in [1.807, 2.05) is 0 Å². The summed E-state index contributed by atoms with van der Waals surface area (Å²) in [6.07, 6.45) is -3.31. The molecule has 138 valence electrons. The van der Waals surface area contributed by atoms with Gasteiger partial charge in [0.1, 0.15) is 11.4 Å². The first-order chi connectivity index (χ1) is 12.1. The van der Waals surface area contributed by atoms with Crippen LogP contribution in [0.4, 0.5) is 24.5 Å². The van der Waals surface area contributed by atoms with Crippen LogP contribution < -0.4 is 10.2 Å². The van der Waals surface area contributed by atoms with E-state index in [-0.39, 0.29) is 5.69 Å². The number of nitro groups is 1. The van der Waals surface area contributed by atoms with Gasteiger partial charge in [0.2, 0.25) is 0 Å². The quantitative estimate of drug-likeness (QED) is 0.332. The third-order valence-corrected chi connectivity index (χ3v) is 4.32. The number of alkyl halides is 3. The van der Waals surface area contributed by atoms with Crippen molar-refractivity contribution in [2.45, 2.75) is 6.18 Å². The number of nitrogens with one attached hydrogen (secondary N) is 1. The van der Waals surface area contributed by atoms with Gasteiger partial charge in [-0.25, -0.2) is 0 Å². The van der Waals surface area contributed by atoms with Crippen molar-refractivity contribution in [3.8, 4) is 5.75 Å². The van der Waals surface area contributed by atoms with Crippen LogP contribution in [0.5, 0.6) is 5.75 Å². The molecule has 0 atom stereocenters. The van der Waals surface area contributed by atoms with E-state index in [0.29, 0.717) is 26.3 Å². The molecule has 2 rings (SSSR count). The normalized spacial score (nSPS) is 11.6. The number of hydrogen-bond donors (Lipinski definition) is 1. The highest BCUT2D eigenvalue weighted by molar-refractivity contribution is 9.11. The molecule has 0 unspecified atom stereocenters. The molecule has 0 fully saturated rings. The Morgan fingerprint density at radius 2 is 1.85 bits per heavy atom. The monoisotopic (exact) mass is 495 g/mol. The molecule has 0 saturated carbocycles. The number of methoxy groups -OCH3 is 1. The van der Waals surface area contributed by atoms with E-state index >= 15 is 0 Å². The average Bonchev–Trinajstić information content (AvgIpc) is 2.53. The summed E-state index contributed by atoms with van der Waals surface area (Å²) in [5, 5.41) is 14.9. The average molecular weight is 497 g/mol. The maximum absolute atomic E-state index is 12.7. The minimum atomic E-state index is -4.67. The molecule has 11 heteroatoms. The Labute approximate surface area is 162 Å². The molecule has 0 aliphatic rings. The van der Waals surface area contributed by atoms with Gasteiger partial charge in [-0.3, -0.25) is 15.5 Å². The molecule has 0 radical (unpaired) electrons. The Bertz CT molecular complexity index is 850. The molecule has 0 amide bonds. The Morgan fingerprint density at radius 1 is 1.23 bits per heavy atom. The van der Waals surface area contributed by atoms with Gasteiger partial charge in [0, 0.05) is 6.07 Å². The Hall–Kier alpha value is -2.14. The van der Waals surface area contributed by atoms with Crippen molar-refractivity contribution < 1.29 is 22.8 Å². The lowest BCUT2D eigenvalue weighted by atomic mass is 10.1. The molecular formula is C15H10Br2F3N3O3. The third-order valence-electron chi connectivity index (χ3n) is 3.15. The van der Waals surface area contributed by atoms with Crippen LogP contribution >= 0.6 is 31.9 Å². The van der Waals surface area contributed by atoms with E-state index in [1.165, 1.54) is 13.3 Å². The smallest absolute Gasteiger partial charge is 0.416 e. The number of rotatable bonds is 5. The van der Waals surface area contributed by atoms with Gasteiger partial charge >= 0.3 is 6.18 Å². The molecule has 0 aliphatic heterocycles. The van der Waals surface area contributed by atoms with Crippen molar-refractivity contribution >= 4 is 49.4 Å². The first-order valence-electron chi connectivity index (χ1n) is 6.81. The van der Waals surface area contributed by atoms with Crippen LogP contribution in [0, 0.1) is 10.1 Å². The zero-order valence-corrected chi connectivity index (χ0v) is 16.1. The van der Waals surface area contributed by atoms with Gasteiger partial charge in [-0.05, 0) is 61.7 Å². The number of halogens is 5. The van der Waals surface area contributed by atoms with E-state index in [2.05, 4.69) is 42.4 Å². The van der Waals surface area contributed by atoms with E-state index in [4.69, 9.17) is 4.74 Å². The SMILES string of the molecule is COc1c(Br)cc(/C=N\Nc2ccc(C(F)(F)F)cc2[N+](=O)[O-])cc1Br. The molecule has 1 N–H and O–H groups in total. The topological polar surface area (TPSA) is 76.8 Å². The van der Waals surface area contributed by atoms with Gasteiger partial charge in [-0.15, -0.1) is 0 Å². The predicted molar refractivity (Wildman–Crippen MR) is 97.7 cm³/mol.